The summed E-state index contributed by atoms with van der Waals surface area (Å²) in [4.78, 5) is 1.04. The second-order valence-corrected chi connectivity index (χ2v) is 5.68. The zero-order chi connectivity index (χ0) is 13.9. The van der Waals surface area contributed by atoms with Crippen molar-refractivity contribution in [2.45, 2.75) is 0 Å². The third-order valence-electron chi connectivity index (χ3n) is 2.61. The van der Waals surface area contributed by atoms with Gasteiger partial charge in [0, 0.05) is 10.4 Å². The average Bonchev–Trinajstić information content (AvgIpc) is 3.07. The second kappa shape index (κ2) is 5.70. The Morgan fingerprint density at radius 3 is 2.90 bits per heavy atom. The van der Waals surface area contributed by atoms with Gasteiger partial charge in [-0.15, -0.1) is 11.3 Å². The molecule has 100 valence electrons. The fourth-order valence-electron chi connectivity index (χ4n) is 1.70. The minimum Gasteiger partial charge on any atom is -0.250 e. The maximum Gasteiger partial charge on any atom is 0.216 e. The number of hydrogen-bond donors (Lipinski definition) is 1. The van der Waals surface area contributed by atoms with E-state index in [-0.39, 0.29) is 0 Å². The van der Waals surface area contributed by atoms with Crippen LogP contribution in [0.15, 0.2) is 46.9 Å². The molecule has 0 spiro atoms. The zero-order valence-corrected chi connectivity index (χ0v) is 12.5. The van der Waals surface area contributed by atoms with E-state index in [0.29, 0.717) is 15.6 Å². The highest BCUT2D eigenvalue weighted by atomic mass is 35.5. The molecule has 0 saturated heterocycles. The minimum absolute atomic E-state index is 0.424. The first-order chi connectivity index (χ1) is 9.75. The maximum absolute atomic E-state index is 6.19. The molecule has 4 nitrogen and oxygen atoms in total. The number of nitrogens with one attached hydrogen (secondary N) is 1. The number of thiophene rings is 1. The van der Waals surface area contributed by atoms with Crippen molar-refractivity contribution in [3.8, 4) is 11.4 Å². The summed E-state index contributed by atoms with van der Waals surface area (Å²) in [6.45, 7) is 0. The van der Waals surface area contributed by atoms with Crippen molar-refractivity contribution in [3.05, 3.63) is 56.4 Å². The first kappa shape index (κ1) is 13.2. The van der Waals surface area contributed by atoms with Gasteiger partial charge >= 0.3 is 0 Å². The zero-order valence-electron chi connectivity index (χ0n) is 10.2. The maximum atomic E-state index is 6.19. The monoisotopic (exact) mass is 320 g/mol. The van der Waals surface area contributed by atoms with Crippen LogP contribution in [-0.4, -0.2) is 21.1 Å². The van der Waals surface area contributed by atoms with Crippen LogP contribution in [0.4, 0.5) is 0 Å². The molecular weight excluding hydrogens is 312 g/mol. The van der Waals surface area contributed by atoms with E-state index in [9.17, 15) is 0 Å². The van der Waals surface area contributed by atoms with Gasteiger partial charge in [-0.05, 0) is 35.8 Å². The summed E-state index contributed by atoms with van der Waals surface area (Å²) in [6.07, 6.45) is 1.75. The molecule has 0 aliphatic carbocycles. The molecule has 1 N–H and O–H groups in total. The molecule has 2 heterocycles. The Labute approximate surface area is 129 Å². The quantitative estimate of drug-likeness (QED) is 0.580. The third-order valence-corrected chi connectivity index (χ3v) is 4.01. The Morgan fingerprint density at radius 2 is 2.15 bits per heavy atom. The van der Waals surface area contributed by atoms with E-state index in [4.69, 9.17) is 23.8 Å². The molecule has 7 heteroatoms. The van der Waals surface area contributed by atoms with Gasteiger partial charge in [-0.25, -0.2) is 5.10 Å². The summed E-state index contributed by atoms with van der Waals surface area (Å²) in [5, 5.41) is 13.9. The molecule has 0 bridgehead atoms. The van der Waals surface area contributed by atoms with Gasteiger partial charge in [0.05, 0.1) is 11.2 Å². The number of hydrogen-bond acceptors (Lipinski definition) is 4. The lowest BCUT2D eigenvalue weighted by Crippen LogP contribution is -1.94. The number of aromatic nitrogens is 3. The number of aromatic amines is 1. The lowest BCUT2D eigenvalue weighted by Gasteiger charge is -2.02. The fourth-order valence-corrected chi connectivity index (χ4v) is 2.67. The number of nitrogens with zero attached hydrogens (tertiary/aromatic N) is 3. The van der Waals surface area contributed by atoms with Crippen LogP contribution in [0.1, 0.15) is 4.88 Å². The van der Waals surface area contributed by atoms with E-state index in [1.54, 1.807) is 22.2 Å². The Hall–Kier alpha value is -1.76. The molecule has 3 rings (SSSR count). The Morgan fingerprint density at radius 1 is 1.30 bits per heavy atom. The average molecular weight is 321 g/mol. The highest BCUT2D eigenvalue weighted by Crippen LogP contribution is 2.25. The van der Waals surface area contributed by atoms with Gasteiger partial charge in [-0.3, -0.25) is 0 Å². The Bertz CT molecular complexity index is 802. The number of H-pyrrole nitrogens is 1. The van der Waals surface area contributed by atoms with Crippen LogP contribution in [0.25, 0.3) is 11.4 Å². The van der Waals surface area contributed by atoms with Gasteiger partial charge in [-0.2, -0.15) is 14.9 Å². The highest BCUT2D eigenvalue weighted by molar-refractivity contribution is 7.71. The van der Waals surface area contributed by atoms with E-state index in [1.165, 1.54) is 0 Å². The summed E-state index contributed by atoms with van der Waals surface area (Å²) < 4.78 is 1.99. The summed E-state index contributed by atoms with van der Waals surface area (Å²) in [5.41, 5.74) is 0.782. The third kappa shape index (κ3) is 2.58. The molecule has 0 radical (unpaired) electrons. The van der Waals surface area contributed by atoms with Crippen LogP contribution in [0.3, 0.4) is 0 Å². The number of halogens is 1. The van der Waals surface area contributed by atoms with E-state index >= 15 is 0 Å². The fraction of sp³-hybridized carbons (Fsp3) is 0. The Kier molecular flexibility index (Phi) is 3.77. The first-order valence-electron chi connectivity index (χ1n) is 5.76. The minimum atomic E-state index is 0.424. The molecule has 0 unspecified atom stereocenters. The van der Waals surface area contributed by atoms with E-state index in [0.717, 1.165) is 10.4 Å². The molecule has 0 amide bonds. The molecule has 0 aliphatic heterocycles. The lowest BCUT2D eigenvalue weighted by atomic mass is 10.2. The highest BCUT2D eigenvalue weighted by Gasteiger charge is 2.10. The van der Waals surface area contributed by atoms with Crippen molar-refractivity contribution in [1.82, 2.24) is 14.9 Å². The normalized spacial score (nSPS) is 11.2. The first-order valence-corrected chi connectivity index (χ1v) is 7.42. The molecular formula is C13H9ClN4S2. The molecule has 0 saturated carbocycles. The van der Waals surface area contributed by atoms with Crippen LogP contribution in [0, 0.1) is 4.77 Å². The molecule has 1 aromatic carbocycles. The topological polar surface area (TPSA) is 46.0 Å². The van der Waals surface area contributed by atoms with Crippen molar-refractivity contribution in [2.75, 3.05) is 0 Å². The largest absolute Gasteiger partial charge is 0.250 e. The SMILES string of the molecule is S=c1[nH]nc(-c2ccccc2Cl)n1N=Cc1cccs1. The molecule has 0 atom stereocenters. The van der Waals surface area contributed by atoms with Crippen molar-refractivity contribution < 1.29 is 0 Å². The molecule has 2 aromatic heterocycles. The molecule has 0 fully saturated rings. The second-order valence-electron chi connectivity index (χ2n) is 3.90. The van der Waals surface area contributed by atoms with Crippen LogP contribution >= 0.6 is 35.2 Å². The predicted octanol–water partition coefficient (Wildman–Crippen LogP) is 4.20. The summed E-state index contributed by atoms with van der Waals surface area (Å²) in [7, 11) is 0. The van der Waals surface area contributed by atoms with Crippen molar-refractivity contribution in [3.63, 3.8) is 0 Å². The van der Waals surface area contributed by atoms with E-state index < -0.39 is 0 Å². The Balaban J connectivity index is 2.07. The number of rotatable bonds is 3. The number of benzene rings is 1. The van der Waals surface area contributed by atoms with Crippen LogP contribution in [0.5, 0.6) is 0 Å². The predicted molar refractivity (Wildman–Crippen MR) is 85.2 cm³/mol. The molecule has 3 aromatic rings. The van der Waals surface area contributed by atoms with Gasteiger partial charge in [0.25, 0.3) is 0 Å². The van der Waals surface area contributed by atoms with Gasteiger partial charge in [0.15, 0.2) is 5.82 Å². The van der Waals surface area contributed by atoms with Crippen LogP contribution < -0.4 is 0 Å². The van der Waals surface area contributed by atoms with Crippen molar-refractivity contribution in [2.24, 2.45) is 5.10 Å². The van der Waals surface area contributed by atoms with Gasteiger partial charge in [0.1, 0.15) is 0 Å². The van der Waals surface area contributed by atoms with E-state index in [1.807, 2.05) is 41.8 Å². The molecule has 0 aliphatic rings. The lowest BCUT2D eigenvalue weighted by molar-refractivity contribution is 0.872. The van der Waals surface area contributed by atoms with Gasteiger partial charge < -0.3 is 0 Å². The van der Waals surface area contributed by atoms with Gasteiger partial charge in [-0.1, -0.05) is 29.8 Å². The van der Waals surface area contributed by atoms with Gasteiger partial charge in [0.2, 0.25) is 4.77 Å². The summed E-state index contributed by atoms with van der Waals surface area (Å²) >= 11 is 13.0. The van der Waals surface area contributed by atoms with Crippen molar-refractivity contribution >= 4 is 41.4 Å². The standard InChI is InChI=1S/C13H9ClN4S2/c14-11-6-2-1-5-10(11)12-16-17-13(19)18(12)15-8-9-4-3-7-20-9/h1-8H,(H,17,19). The van der Waals surface area contributed by atoms with Crippen LogP contribution in [0.2, 0.25) is 5.02 Å². The van der Waals surface area contributed by atoms with E-state index in [2.05, 4.69) is 15.3 Å². The summed E-state index contributed by atoms with van der Waals surface area (Å²) in [5.74, 6) is 0.591. The smallest absolute Gasteiger partial charge is 0.216 e. The van der Waals surface area contributed by atoms with Crippen LogP contribution in [-0.2, 0) is 0 Å². The van der Waals surface area contributed by atoms with Crippen molar-refractivity contribution in [1.29, 1.82) is 0 Å². The molecule has 20 heavy (non-hydrogen) atoms. The summed E-state index contributed by atoms with van der Waals surface area (Å²) in [6, 6.07) is 11.4.